The molecular formula is C26H18ClN3O3S2. The van der Waals surface area contributed by atoms with Crippen molar-refractivity contribution in [3.63, 3.8) is 0 Å². The number of para-hydroxylation sites is 2. The molecule has 6 nitrogen and oxygen atoms in total. The molecule has 1 heterocycles. The zero-order valence-corrected chi connectivity index (χ0v) is 20.5. The molecule has 0 spiro atoms. The second kappa shape index (κ2) is 9.50. The van der Waals surface area contributed by atoms with Gasteiger partial charge in [0.1, 0.15) is 5.01 Å². The molecule has 0 fully saturated rings. The van der Waals surface area contributed by atoms with Gasteiger partial charge in [-0.2, -0.15) is 0 Å². The number of carbonyl (C=O) groups is 1. The van der Waals surface area contributed by atoms with Crippen LogP contribution in [0.5, 0.6) is 0 Å². The van der Waals surface area contributed by atoms with Gasteiger partial charge >= 0.3 is 0 Å². The minimum atomic E-state index is -3.77. The molecule has 35 heavy (non-hydrogen) atoms. The number of aromatic nitrogens is 1. The van der Waals surface area contributed by atoms with Gasteiger partial charge < -0.3 is 5.32 Å². The Bertz CT molecular complexity index is 1600. The molecule has 5 aromatic rings. The number of anilines is 2. The van der Waals surface area contributed by atoms with Gasteiger partial charge in [-0.15, -0.1) is 11.3 Å². The van der Waals surface area contributed by atoms with Crippen molar-refractivity contribution in [1.29, 1.82) is 0 Å². The average Bonchev–Trinajstić information content (AvgIpc) is 3.29. The Morgan fingerprint density at radius 1 is 0.829 bits per heavy atom. The normalized spacial score (nSPS) is 11.3. The van der Waals surface area contributed by atoms with Crippen molar-refractivity contribution in [2.75, 3.05) is 10.0 Å². The summed E-state index contributed by atoms with van der Waals surface area (Å²) < 4.78 is 28.7. The molecule has 0 atom stereocenters. The number of hydrogen-bond donors (Lipinski definition) is 2. The van der Waals surface area contributed by atoms with Gasteiger partial charge in [0, 0.05) is 21.8 Å². The Kier molecular flexibility index (Phi) is 6.25. The first-order valence-electron chi connectivity index (χ1n) is 10.5. The Hall–Kier alpha value is -3.72. The van der Waals surface area contributed by atoms with E-state index in [2.05, 4.69) is 10.0 Å². The first-order valence-corrected chi connectivity index (χ1v) is 13.2. The van der Waals surface area contributed by atoms with Gasteiger partial charge in [-0.25, -0.2) is 13.4 Å². The fraction of sp³-hybridized carbons (Fsp3) is 0. The number of fused-ring (bicyclic) bond motifs is 1. The van der Waals surface area contributed by atoms with Gasteiger partial charge in [-0.1, -0.05) is 35.9 Å². The van der Waals surface area contributed by atoms with E-state index in [0.717, 1.165) is 20.8 Å². The lowest BCUT2D eigenvalue weighted by molar-refractivity contribution is 0.102. The van der Waals surface area contributed by atoms with Crippen LogP contribution < -0.4 is 10.0 Å². The third kappa shape index (κ3) is 5.05. The van der Waals surface area contributed by atoms with Gasteiger partial charge in [-0.05, 0) is 72.8 Å². The molecule has 174 valence electrons. The molecule has 0 radical (unpaired) electrons. The summed E-state index contributed by atoms with van der Waals surface area (Å²) in [4.78, 5) is 17.7. The van der Waals surface area contributed by atoms with E-state index in [0.29, 0.717) is 22.0 Å². The Labute approximate surface area is 211 Å². The van der Waals surface area contributed by atoms with E-state index in [1.807, 2.05) is 48.5 Å². The van der Waals surface area contributed by atoms with Gasteiger partial charge in [0.05, 0.1) is 20.8 Å². The summed E-state index contributed by atoms with van der Waals surface area (Å²) in [7, 11) is -3.77. The van der Waals surface area contributed by atoms with E-state index in [1.165, 1.54) is 24.3 Å². The summed E-state index contributed by atoms with van der Waals surface area (Å²) in [5.74, 6) is -0.314. The van der Waals surface area contributed by atoms with Crippen LogP contribution in [0, 0.1) is 0 Å². The minimum Gasteiger partial charge on any atom is -0.321 e. The summed E-state index contributed by atoms with van der Waals surface area (Å²) >= 11 is 7.39. The number of carbonyl (C=O) groups excluding carboxylic acids is 1. The molecule has 0 aliphatic heterocycles. The number of thiazole rings is 1. The SMILES string of the molecule is O=C(Nc1ccccc1-c1nc2ccccc2s1)c1ccc(NS(=O)(=O)c2ccc(Cl)cc2)cc1. The third-order valence-corrected chi connectivity index (χ3v) is 7.94. The van der Waals surface area contributed by atoms with E-state index in [-0.39, 0.29) is 10.8 Å². The summed E-state index contributed by atoms with van der Waals surface area (Å²) in [6.45, 7) is 0. The highest BCUT2D eigenvalue weighted by Gasteiger charge is 2.16. The highest BCUT2D eigenvalue weighted by atomic mass is 35.5. The number of nitrogens with zero attached hydrogens (tertiary/aromatic N) is 1. The number of benzene rings is 4. The lowest BCUT2D eigenvalue weighted by Crippen LogP contribution is -2.14. The predicted molar refractivity (Wildman–Crippen MR) is 142 cm³/mol. The first-order chi connectivity index (χ1) is 16.9. The molecule has 1 aromatic heterocycles. The van der Waals surface area contributed by atoms with E-state index in [9.17, 15) is 13.2 Å². The minimum absolute atomic E-state index is 0.0928. The molecule has 9 heteroatoms. The standard InChI is InChI=1S/C26H18ClN3O3S2/c27-18-11-15-20(16-12-18)35(32,33)30-19-13-9-17(10-14-19)25(31)28-22-6-2-1-5-21(22)26-29-23-7-3-4-8-24(23)34-26/h1-16,30H,(H,28,31). The Morgan fingerprint density at radius 2 is 1.51 bits per heavy atom. The molecule has 1 amide bonds. The molecule has 0 aliphatic carbocycles. The van der Waals surface area contributed by atoms with Gasteiger partial charge in [-0.3, -0.25) is 9.52 Å². The fourth-order valence-corrected chi connectivity index (χ4v) is 5.67. The highest BCUT2D eigenvalue weighted by molar-refractivity contribution is 7.92. The number of nitrogens with one attached hydrogen (secondary N) is 2. The van der Waals surface area contributed by atoms with E-state index >= 15 is 0 Å². The second-order valence-corrected chi connectivity index (χ2v) is 10.8. The molecule has 4 aromatic carbocycles. The third-order valence-electron chi connectivity index (χ3n) is 5.22. The molecule has 0 saturated heterocycles. The maximum atomic E-state index is 12.9. The van der Waals surface area contributed by atoms with Gasteiger partial charge in [0.15, 0.2) is 0 Å². The van der Waals surface area contributed by atoms with Crippen molar-refractivity contribution < 1.29 is 13.2 Å². The Balaban J connectivity index is 1.33. The summed E-state index contributed by atoms with van der Waals surface area (Å²) in [6, 6.07) is 27.5. The van der Waals surface area contributed by atoms with Gasteiger partial charge in [0.2, 0.25) is 0 Å². The van der Waals surface area contributed by atoms with Crippen molar-refractivity contribution in [2.45, 2.75) is 4.90 Å². The summed E-state index contributed by atoms with van der Waals surface area (Å²) in [5, 5.41) is 4.21. The van der Waals surface area contributed by atoms with Crippen LogP contribution in [0.1, 0.15) is 10.4 Å². The van der Waals surface area contributed by atoms with Crippen LogP contribution in [0.15, 0.2) is 102 Å². The van der Waals surface area contributed by atoms with Crippen molar-refractivity contribution in [1.82, 2.24) is 4.98 Å². The fourth-order valence-electron chi connectivity index (χ4n) is 3.48. The van der Waals surface area contributed by atoms with Crippen molar-refractivity contribution in [2.24, 2.45) is 0 Å². The zero-order chi connectivity index (χ0) is 24.4. The monoisotopic (exact) mass is 519 g/mol. The first kappa shape index (κ1) is 23.0. The molecule has 5 rings (SSSR count). The molecule has 0 aliphatic rings. The van der Waals surface area contributed by atoms with Crippen LogP contribution >= 0.6 is 22.9 Å². The van der Waals surface area contributed by atoms with Crippen LogP contribution in [0.4, 0.5) is 11.4 Å². The zero-order valence-electron chi connectivity index (χ0n) is 18.1. The summed E-state index contributed by atoms with van der Waals surface area (Å²) in [6.07, 6.45) is 0. The smallest absolute Gasteiger partial charge is 0.261 e. The number of rotatable bonds is 6. The van der Waals surface area contributed by atoms with Crippen molar-refractivity contribution in [3.8, 4) is 10.6 Å². The Morgan fingerprint density at radius 3 is 2.26 bits per heavy atom. The molecule has 2 N–H and O–H groups in total. The molecule has 0 bridgehead atoms. The predicted octanol–water partition coefficient (Wildman–Crippen LogP) is 6.67. The topological polar surface area (TPSA) is 88.2 Å². The van der Waals surface area contributed by atoms with E-state index < -0.39 is 10.0 Å². The second-order valence-electron chi connectivity index (χ2n) is 7.62. The largest absolute Gasteiger partial charge is 0.321 e. The van der Waals surface area contributed by atoms with E-state index in [4.69, 9.17) is 16.6 Å². The van der Waals surface area contributed by atoms with Crippen LogP contribution in [0.2, 0.25) is 5.02 Å². The van der Waals surface area contributed by atoms with Crippen molar-refractivity contribution in [3.05, 3.63) is 108 Å². The maximum Gasteiger partial charge on any atom is 0.261 e. The van der Waals surface area contributed by atoms with Crippen LogP contribution in [-0.2, 0) is 10.0 Å². The number of hydrogen-bond acceptors (Lipinski definition) is 5. The lowest BCUT2D eigenvalue weighted by atomic mass is 10.1. The van der Waals surface area contributed by atoms with Crippen LogP contribution in [-0.4, -0.2) is 19.3 Å². The van der Waals surface area contributed by atoms with Gasteiger partial charge in [0.25, 0.3) is 15.9 Å². The summed E-state index contributed by atoms with van der Waals surface area (Å²) in [5.41, 5.74) is 3.11. The highest BCUT2D eigenvalue weighted by Crippen LogP contribution is 2.34. The maximum absolute atomic E-state index is 12.9. The van der Waals surface area contributed by atoms with Crippen LogP contribution in [0.3, 0.4) is 0 Å². The number of sulfonamides is 1. The van der Waals surface area contributed by atoms with Crippen LogP contribution in [0.25, 0.3) is 20.8 Å². The average molecular weight is 520 g/mol. The molecule has 0 unspecified atom stereocenters. The number of amides is 1. The molecular weight excluding hydrogens is 502 g/mol. The van der Waals surface area contributed by atoms with E-state index in [1.54, 1.807) is 35.6 Å². The number of halogens is 1. The lowest BCUT2D eigenvalue weighted by Gasteiger charge is -2.11. The van der Waals surface area contributed by atoms with Crippen molar-refractivity contribution >= 4 is 60.5 Å². The molecule has 0 saturated carbocycles. The quantitative estimate of drug-likeness (QED) is 0.262.